The van der Waals surface area contributed by atoms with Crippen LogP contribution in [0.4, 0.5) is 0 Å². The summed E-state index contributed by atoms with van der Waals surface area (Å²) in [7, 11) is 0. The van der Waals surface area contributed by atoms with Crippen LogP contribution < -0.4 is 4.74 Å². The Morgan fingerprint density at radius 1 is 1.30 bits per heavy atom. The van der Waals surface area contributed by atoms with Gasteiger partial charge >= 0.3 is 5.97 Å². The van der Waals surface area contributed by atoms with Gasteiger partial charge in [-0.25, -0.2) is 0 Å². The minimum Gasteiger partial charge on any atom is -0.484 e. The lowest BCUT2D eigenvalue weighted by atomic mass is 10.3. The van der Waals surface area contributed by atoms with Crippen molar-refractivity contribution in [2.75, 3.05) is 13.2 Å². The highest BCUT2D eigenvalue weighted by Crippen LogP contribution is 2.27. The van der Waals surface area contributed by atoms with Crippen LogP contribution in [0.15, 0.2) is 28.7 Å². The first kappa shape index (κ1) is 14.8. The predicted octanol–water partition coefficient (Wildman–Crippen LogP) is 2.29. The van der Waals surface area contributed by atoms with Gasteiger partial charge in [0.1, 0.15) is 5.75 Å². The summed E-state index contributed by atoms with van der Waals surface area (Å²) in [5.41, 5.74) is 0. The van der Waals surface area contributed by atoms with Crippen molar-refractivity contribution in [3.63, 3.8) is 0 Å². The molecule has 1 amide bonds. The molecule has 1 N–H and O–H groups in total. The summed E-state index contributed by atoms with van der Waals surface area (Å²) in [6.45, 7) is 0.195. The summed E-state index contributed by atoms with van der Waals surface area (Å²) in [6.07, 6.45) is 1.87. The number of carboxylic acids is 1. The molecule has 1 aliphatic carbocycles. The Morgan fingerprint density at radius 3 is 2.50 bits per heavy atom. The summed E-state index contributed by atoms with van der Waals surface area (Å²) in [5.74, 6) is -0.426. The van der Waals surface area contributed by atoms with E-state index < -0.39 is 5.97 Å². The molecule has 1 aliphatic rings. The molecule has 1 fully saturated rings. The van der Waals surface area contributed by atoms with E-state index in [1.54, 1.807) is 17.0 Å². The number of amides is 1. The first-order valence-electron chi connectivity index (χ1n) is 6.46. The number of hydrogen-bond acceptors (Lipinski definition) is 3. The normalized spacial score (nSPS) is 13.8. The Kier molecular flexibility index (Phi) is 5.00. The lowest BCUT2D eigenvalue weighted by Crippen LogP contribution is -2.38. The predicted molar refractivity (Wildman–Crippen MR) is 76.6 cm³/mol. The van der Waals surface area contributed by atoms with E-state index in [0.717, 1.165) is 17.3 Å². The molecule has 0 radical (unpaired) electrons. The van der Waals surface area contributed by atoms with E-state index in [2.05, 4.69) is 15.9 Å². The molecule has 20 heavy (non-hydrogen) atoms. The van der Waals surface area contributed by atoms with Gasteiger partial charge < -0.3 is 14.7 Å². The van der Waals surface area contributed by atoms with Crippen LogP contribution in [-0.4, -0.2) is 41.1 Å². The molecule has 5 nitrogen and oxygen atoms in total. The van der Waals surface area contributed by atoms with Gasteiger partial charge in [0.05, 0.1) is 6.42 Å². The highest BCUT2D eigenvalue weighted by atomic mass is 79.9. The SMILES string of the molecule is O=C(O)CCN(C(=O)COc1ccc(Br)cc1)C1CC1. The van der Waals surface area contributed by atoms with Crippen molar-refractivity contribution in [3.05, 3.63) is 28.7 Å². The van der Waals surface area contributed by atoms with E-state index in [1.807, 2.05) is 12.1 Å². The third kappa shape index (κ3) is 4.52. The number of halogens is 1. The zero-order valence-electron chi connectivity index (χ0n) is 10.9. The Bertz CT molecular complexity index is 484. The minimum atomic E-state index is -0.891. The van der Waals surface area contributed by atoms with Crippen LogP contribution in [0.5, 0.6) is 5.75 Å². The third-order valence-electron chi connectivity index (χ3n) is 3.05. The molecule has 1 aromatic carbocycles. The minimum absolute atomic E-state index is 0.0273. The summed E-state index contributed by atoms with van der Waals surface area (Å²) >= 11 is 3.32. The lowest BCUT2D eigenvalue weighted by molar-refractivity contribution is -0.139. The van der Waals surface area contributed by atoms with Gasteiger partial charge in [-0.1, -0.05) is 15.9 Å². The number of nitrogens with zero attached hydrogens (tertiary/aromatic N) is 1. The maximum Gasteiger partial charge on any atom is 0.305 e. The van der Waals surface area contributed by atoms with Gasteiger partial charge in [-0.15, -0.1) is 0 Å². The van der Waals surface area contributed by atoms with Gasteiger partial charge in [-0.05, 0) is 37.1 Å². The van der Waals surface area contributed by atoms with E-state index in [-0.39, 0.29) is 31.5 Å². The topological polar surface area (TPSA) is 66.8 Å². The molecule has 0 unspecified atom stereocenters. The van der Waals surface area contributed by atoms with Crippen LogP contribution in [-0.2, 0) is 9.59 Å². The zero-order chi connectivity index (χ0) is 14.5. The van der Waals surface area contributed by atoms with Gasteiger partial charge in [0.15, 0.2) is 6.61 Å². The number of rotatable bonds is 7. The molecule has 0 heterocycles. The van der Waals surface area contributed by atoms with E-state index in [0.29, 0.717) is 5.75 Å². The summed E-state index contributed by atoms with van der Waals surface area (Å²) < 4.78 is 6.37. The van der Waals surface area contributed by atoms with Crippen molar-refractivity contribution in [2.45, 2.75) is 25.3 Å². The van der Waals surface area contributed by atoms with E-state index >= 15 is 0 Å². The molecule has 0 saturated heterocycles. The molecule has 1 aromatic rings. The Morgan fingerprint density at radius 2 is 1.95 bits per heavy atom. The number of carbonyl (C=O) groups is 2. The number of carbonyl (C=O) groups excluding carboxylic acids is 1. The Hall–Kier alpha value is -1.56. The maximum atomic E-state index is 12.1. The molecule has 0 bridgehead atoms. The summed E-state index contributed by atoms with van der Waals surface area (Å²) in [5, 5.41) is 8.71. The van der Waals surface area contributed by atoms with Crippen molar-refractivity contribution in [1.82, 2.24) is 4.90 Å². The van der Waals surface area contributed by atoms with Crippen molar-refractivity contribution in [3.8, 4) is 5.75 Å². The van der Waals surface area contributed by atoms with Gasteiger partial charge in [0, 0.05) is 17.1 Å². The summed E-state index contributed by atoms with van der Waals surface area (Å²) in [6, 6.07) is 7.41. The molecule has 6 heteroatoms. The Labute approximate surface area is 125 Å². The van der Waals surface area contributed by atoms with Crippen LogP contribution in [0.3, 0.4) is 0 Å². The fourth-order valence-electron chi connectivity index (χ4n) is 1.87. The molecule has 0 atom stereocenters. The smallest absolute Gasteiger partial charge is 0.305 e. The molecule has 2 rings (SSSR count). The van der Waals surface area contributed by atoms with Crippen molar-refractivity contribution in [1.29, 1.82) is 0 Å². The second kappa shape index (κ2) is 6.74. The molecular formula is C14H16BrNO4. The second-order valence-corrected chi connectivity index (χ2v) is 5.62. The van der Waals surface area contributed by atoms with E-state index in [9.17, 15) is 9.59 Å². The van der Waals surface area contributed by atoms with E-state index in [1.165, 1.54) is 0 Å². The number of ether oxygens (including phenoxy) is 1. The first-order chi connectivity index (χ1) is 9.56. The first-order valence-corrected chi connectivity index (χ1v) is 7.25. The third-order valence-corrected chi connectivity index (χ3v) is 3.58. The molecule has 0 spiro atoms. The van der Waals surface area contributed by atoms with Crippen LogP contribution in [0.1, 0.15) is 19.3 Å². The number of benzene rings is 1. The molecule has 0 aromatic heterocycles. The summed E-state index contributed by atoms with van der Waals surface area (Å²) in [4.78, 5) is 24.3. The van der Waals surface area contributed by atoms with Crippen molar-refractivity contribution < 1.29 is 19.4 Å². The standard InChI is InChI=1S/C14H16BrNO4/c15-10-1-5-12(6-2-10)20-9-13(17)16(11-3-4-11)8-7-14(18)19/h1-2,5-6,11H,3-4,7-9H2,(H,18,19). The van der Waals surface area contributed by atoms with E-state index in [4.69, 9.17) is 9.84 Å². The number of aliphatic carboxylic acids is 1. The maximum absolute atomic E-state index is 12.1. The fourth-order valence-corrected chi connectivity index (χ4v) is 2.14. The lowest BCUT2D eigenvalue weighted by Gasteiger charge is -2.21. The van der Waals surface area contributed by atoms with Crippen LogP contribution in [0, 0.1) is 0 Å². The Balaban J connectivity index is 1.85. The quantitative estimate of drug-likeness (QED) is 0.826. The largest absolute Gasteiger partial charge is 0.484 e. The monoisotopic (exact) mass is 341 g/mol. The average Bonchev–Trinajstić information content (AvgIpc) is 3.22. The van der Waals surface area contributed by atoms with Crippen LogP contribution in [0.2, 0.25) is 0 Å². The average molecular weight is 342 g/mol. The van der Waals surface area contributed by atoms with Crippen molar-refractivity contribution in [2.24, 2.45) is 0 Å². The van der Waals surface area contributed by atoms with Crippen LogP contribution in [0.25, 0.3) is 0 Å². The van der Waals surface area contributed by atoms with Gasteiger partial charge in [-0.3, -0.25) is 9.59 Å². The van der Waals surface area contributed by atoms with Crippen molar-refractivity contribution >= 4 is 27.8 Å². The highest BCUT2D eigenvalue weighted by molar-refractivity contribution is 9.10. The highest BCUT2D eigenvalue weighted by Gasteiger charge is 2.32. The fraction of sp³-hybridized carbons (Fsp3) is 0.429. The van der Waals surface area contributed by atoms with Gasteiger partial charge in [0.2, 0.25) is 0 Å². The number of hydrogen-bond donors (Lipinski definition) is 1. The number of carboxylic acid groups (broad SMARTS) is 1. The van der Waals surface area contributed by atoms with Gasteiger partial charge in [-0.2, -0.15) is 0 Å². The van der Waals surface area contributed by atoms with Crippen LogP contribution >= 0.6 is 15.9 Å². The molecule has 1 saturated carbocycles. The van der Waals surface area contributed by atoms with Gasteiger partial charge in [0.25, 0.3) is 5.91 Å². The molecule has 108 valence electrons. The molecule has 0 aliphatic heterocycles. The zero-order valence-corrected chi connectivity index (χ0v) is 12.5. The second-order valence-electron chi connectivity index (χ2n) is 4.70. The molecular weight excluding hydrogens is 326 g/mol.